The monoisotopic (exact) mass is 336 g/mol. The molecule has 0 bridgehead atoms. The molecule has 1 heterocycles. The number of benzene rings is 2. The Morgan fingerprint density at radius 1 is 1.16 bits per heavy atom. The first-order valence-corrected chi connectivity index (χ1v) is 8.86. The van der Waals surface area contributed by atoms with Crippen LogP contribution in [0.2, 0.25) is 0 Å². The Morgan fingerprint density at radius 3 is 2.52 bits per heavy atom. The van der Waals surface area contributed by atoms with Crippen molar-refractivity contribution < 1.29 is 4.92 Å². The summed E-state index contributed by atoms with van der Waals surface area (Å²) in [5, 5.41) is 12.1. The van der Waals surface area contributed by atoms with Gasteiger partial charge in [-0.3, -0.25) is 10.1 Å². The second-order valence-electron chi connectivity index (χ2n) is 6.74. The van der Waals surface area contributed by atoms with Gasteiger partial charge in [0.2, 0.25) is 0 Å². The number of unbranched alkanes of at least 4 members (excludes halogenated alkanes) is 1. The number of H-pyrrole nitrogens is 1. The number of aromatic amines is 1. The van der Waals surface area contributed by atoms with Crippen LogP contribution in [0, 0.1) is 17.0 Å². The molecular formula is C21H24N2O2. The Hall–Kier alpha value is -2.62. The van der Waals surface area contributed by atoms with Crippen molar-refractivity contribution in [3.8, 4) is 0 Å². The first-order chi connectivity index (χ1) is 12.0. The van der Waals surface area contributed by atoms with Crippen LogP contribution in [0.3, 0.4) is 0 Å². The molecule has 25 heavy (non-hydrogen) atoms. The summed E-state index contributed by atoms with van der Waals surface area (Å²) >= 11 is 0. The second-order valence-corrected chi connectivity index (χ2v) is 6.74. The topological polar surface area (TPSA) is 58.9 Å². The van der Waals surface area contributed by atoms with Gasteiger partial charge in [0.15, 0.2) is 0 Å². The van der Waals surface area contributed by atoms with Gasteiger partial charge >= 0.3 is 0 Å². The number of nitrogens with zero attached hydrogens (tertiary/aromatic N) is 1. The highest BCUT2D eigenvalue weighted by Crippen LogP contribution is 2.34. The third-order valence-corrected chi connectivity index (χ3v) is 4.92. The minimum Gasteiger partial charge on any atom is -0.358 e. The molecule has 130 valence electrons. The molecule has 4 heteroatoms. The average molecular weight is 336 g/mol. The van der Waals surface area contributed by atoms with Crippen LogP contribution in [0.25, 0.3) is 10.9 Å². The summed E-state index contributed by atoms with van der Waals surface area (Å²) in [6, 6.07) is 13.7. The van der Waals surface area contributed by atoms with Crippen LogP contribution in [-0.2, 0) is 6.42 Å². The summed E-state index contributed by atoms with van der Waals surface area (Å²) < 4.78 is 0. The first-order valence-electron chi connectivity index (χ1n) is 8.86. The van der Waals surface area contributed by atoms with Crippen LogP contribution in [0.5, 0.6) is 0 Å². The summed E-state index contributed by atoms with van der Waals surface area (Å²) in [6.45, 7) is 6.45. The zero-order valence-corrected chi connectivity index (χ0v) is 15.0. The number of rotatable bonds is 6. The van der Waals surface area contributed by atoms with E-state index in [2.05, 4.69) is 50.0 Å². The maximum Gasteiger partial charge on any atom is 0.270 e. The highest BCUT2D eigenvalue weighted by Gasteiger charge is 2.19. The van der Waals surface area contributed by atoms with E-state index in [-0.39, 0.29) is 16.5 Å². The first kappa shape index (κ1) is 17.2. The van der Waals surface area contributed by atoms with Gasteiger partial charge in [-0.05, 0) is 37.0 Å². The molecule has 0 aliphatic heterocycles. The van der Waals surface area contributed by atoms with Crippen molar-refractivity contribution in [3.63, 3.8) is 0 Å². The Morgan fingerprint density at radius 2 is 1.88 bits per heavy atom. The van der Waals surface area contributed by atoms with Gasteiger partial charge in [-0.1, -0.05) is 50.1 Å². The molecular weight excluding hydrogens is 312 g/mol. The van der Waals surface area contributed by atoms with Gasteiger partial charge in [-0.15, -0.1) is 0 Å². The fourth-order valence-electron chi connectivity index (χ4n) is 3.38. The molecule has 0 saturated carbocycles. The highest BCUT2D eigenvalue weighted by molar-refractivity contribution is 5.87. The van der Waals surface area contributed by atoms with Crippen molar-refractivity contribution in [3.05, 3.63) is 75.0 Å². The van der Waals surface area contributed by atoms with E-state index < -0.39 is 0 Å². The molecule has 1 atom stereocenters. The zero-order valence-electron chi connectivity index (χ0n) is 15.0. The van der Waals surface area contributed by atoms with E-state index in [1.54, 1.807) is 12.1 Å². The predicted molar refractivity (Wildman–Crippen MR) is 102 cm³/mol. The fraction of sp³-hybridized carbons (Fsp3) is 0.333. The minimum absolute atomic E-state index is 0.152. The van der Waals surface area contributed by atoms with E-state index in [1.165, 1.54) is 22.4 Å². The quantitative estimate of drug-likeness (QED) is 0.451. The third kappa shape index (κ3) is 3.43. The smallest absolute Gasteiger partial charge is 0.270 e. The van der Waals surface area contributed by atoms with Crippen LogP contribution in [0.1, 0.15) is 55.0 Å². The highest BCUT2D eigenvalue weighted by atomic mass is 16.6. The molecule has 1 N–H and O–H groups in total. The molecule has 4 nitrogen and oxygen atoms in total. The summed E-state index contributed by atoms with van der Waals surface area (Å²) in [4.78, 5) is 14.4. The Balaban J connectivity index is 2.12. The number of nitro groups is 1. The van der Waals surface area contributed by atoms with Crippen molar-refractivity contribution in [1.82, 2.24) is 4.98 Å². The van der Waals surface area contributed by atoms with Gasteiger partial charge in [0.05, 0.1) is 4.92 Å². The van der Waals surface area contributed by atoms with Crippen LogP contribution < -0.4 is 0 Å². The van der Waals surface area contributed by atoms with Gasteiger partial charge in [0.1, 0.15) is 0 Å². The molecule has 3 aromatic rings. The van der Waals surface area contributed by atoms with Crippen LogP contribution in [-0.4, -0.2) is 9.91 Å². The number of fused-ring (bicyclic) bond motifs is 1. The van der Waals surface area contributed by atoms with Gasteiger partial charge in [-0.25, -0.2) is 0 Å². The van der Waals surface area contributed by atoms with E-state index in [9.17, 15) is 10.1 Å². The molecule has 0 aliphatic carbocycles. The number of hydrogen-bond acceptors (Lipinski definition) is 2. The second kappa shape index (κ2) is 7.09. The summed E-state index contributed by atoms with van der Waals surface area (Å²) in [5.41, 5.74) is 6.02. The molecule has 0 aliphatic rings. The lowest BCUT2D eigenvalue weighted by atomic mass is 9.92. The standard InChI is InChI=1S/C21H24N2O2/c1-4-5-6-18-19-13-17(23(24)25)11-12-20(19)22-21(18)15(3)16-9-7-14(2)8-10-16/h7-13,15,22H,4-6H2,1-3H3. The lowest BCUT2D eigenvalue weighted by Gasteiger charge is -2.14. The number of aromatic nitrogens is 1. The summed E-state index contributed by atoms with van der Waals surface area (Å²) in [6.07, 6.45) is 3.10. The van der Waals surface area contributed by atoms with E-state index in [0.717, 1.165) is 30.2 Å². The molecule has 0 saturated heterocycles. The van der Waals surface area contributed by atoms with E-state index in [4.69, 9.17) is 0 Å². The Labute approximate surface area is 148 Å². The van der Waals surface area contributed by atoms with Gasteiger partial charge in [-0.2, -0.15) is 0 Å². The van der Waals surface area contributed by atoms with Crippen LogP contribution in [0.15, 0.2) is 42.5 Å². The fourth-order valence-corrected chi connectivity index (χ4v) is 3.38. The van der Waals surface area contributed by atoms with Crippen molar-refractivity contribution in [2.45, 2.75) is 46.0 Å². The van der Waals surface area contributed by atoms with Crippen LogP contribution >= 0.6 is 0 Å². The molecule has 0 amide bonds. The van der Waals surface area contributed by atoms with E-state index >= 15 is 0 Å². The summed E-state index contributed by atoms with van der Waals surface area (Å²) in [5.74, 6) is 0.221. The predicted octanol–water partition coefficient (Wildman–Crippen LogP) is 5.88. The van der Waals surface area contributed by atoms with Gasteiger partial charge in [0, 0.05) is 34.6 Å². The number of hydrogen-bond donors (Lipinski definition) is 1. The van der Waals surface area contributed by atoms with E-state index in [0.29, 0.717) is 0 Å². The van der Waals surface area contributed by atoms with Crippen molar-refractivity contribution in [2.24, 2.45) is 0 Å². The normalized spacial score (nSPS) is 12.4. The lowest BCUT2D eigenvalue weighted by molar-refractivity contribution is -0.384. The maximum absolute atomic E-state index is 11.2. The zero-order chi connectivity index (χ0) is 18.0. The van der Waals surface area contributed by atoms with E-state index in [1.807, 2.05) is 6.07 Å². The molecule has 2 aromatic carbocycles. The van der Waals surface area contributed by atoms with Gasteiger partial charge < -0.3 is 4.98 Å². The lowest BCUT2D eigenvalue weighted by Crippen LogP contribution is -2.01. The average Bonchev–Trinajstić information content (AvgIpc) is 2.97. The maximum atomic E-state index is 11.2. The number of nitro benzene ring substituents is 1. The number of non-ortho nitro benzene ring substituents is 1. The number of nitrogens with one attached hydrogen (secondary N) is 1. The molecule has 0 spiro atoms. The number of aryl methyl sites for hydroxylation is 2. The van der Waals surface area contributed by atoms with Gasteiger partial charge in [0.25, 0.3) is 5.69 Å². The van der Waals surface area contributed by atoms with Crippen molar-refractivity contribution in [1.29, 1.82) is 0 Å². The molecule has 3 rings (SSSR count). The molecule has 0 radical (unpaired) electrons. The minimum atomic E-state index is -0.320. The SMILES string of the molecule is CCCCc1c(C(C)c2ccc(C)cc2)[nH]c2ccc([N+](=O)[O-])cc12. The van der Waals surface area contributed by atoms with Crippen molar-refractivity contribution >= 4 is 16.6 Å². The Bertz CT molecular complexity index is 894. The van der Waals surface area contributed by atoms with Crippen molar-refractivity contribution in [2.75, 3.05) is 0 Å². The van der Waals surface area contributed by atoms with Crippen LogP contribution in [0.4, 0.5) is 5.69 Å². The Kier molecular flexibility index (Phi) is 4.88. The largest absolute Gasteiger partial charge is 0.358 e. The molecule has 1 aromatic heterocycles. The molecule has 1 unspecified atom stereocenters. The molecule has 0 fully saturated rings. The summed E-state index contributed by atoms with van der Waals surface area (Å²) in [7, 11) is 0. The third-order valence-electron chi connectivity index (χ3n) is 4.92.